The Morgan fingerprint density at radius 2 is 1.00 bits per heavy atom. The molecule has 0 radical (unpaired) electrons. The zero-order valence-corrected chi connectivity index (χ0v) is 18.6. The normalized spacial score (nSPS) is 58.8. The van der Waals surface area contributed by atoms with Crippen molar-refractivity contribution in [3.63, 3.8) is 0 Å². The van der Waals surface area contributed by atoms with Crippen LogP contribution in [-0.4, -0.2) is 25.8 Å². The van der Waals surface area contributed by atoms with Crippen molar-refractivity contribution in [3.8, 4) is 0 Å². The maximum Gasteiger partial charge on any atom is 0.315 e. The molecular formula is C21H30Br2N2O. The van der Waals surface area contributed by atoms with E-state index in [2.05, 4.69) is 42.5 Å². The van der Waals surface area contributed by atoms with Gasteiger partial charge in [0.1, 0.15) is 0 Å². The molecule has 8 aliphatic rings. The molecule has 0 aromatic heterocycles. The van der Waals surface area contributed by atoms with E-state index in [1.165, 1.54) is 64.2 Å². The SMILES string of the molecule is O=C(NC12CC3CC(CC(Br)(C3)C1)C2)NC12CC3CC(CC(Br)(C3)C1)C2. The van der Waals surface area contributed by atoms with Gasteiger partial charge in [0.25, 0.3) is 0 Å². The van der Waals surface area contributed by atoms with Crippen LogP contribution >= 0.6 is 31.9 Å². The number of carbonyl (C=O) groups is 1. The lowest BCUT2D eigenvalue weighted by atomic mass is 9.52. The number of rotatable bonds is 2. The first-order valence-electron chi connectivity index (χ1n) is 10.7. The largest absolute Gasteiger partial charge is 0.333 e. The zero-order chi connectivity index (χ0) is 17.8. The molecule has 5 heteroatoms. The van der Waals surface area contributed by atoms with Crippen LogP contribution in [0.25, 0.3) is 0 Å². The van der Waals surface area contributed by atoms with Crippen molar-refractivity contribution in [2.24, 2.45) is 23.7 Å². The Bertz CT molecular complexity index is 582. The summed E-state index contributed by atoms with van der Waals surface area (Å²) in [5.74, 6) is 3.23. The number of amides is 2. The van der Waals surface area contributed by atoms with Crippen LogP contribution in [0.1, 0.15) is 77.0 Å². The third-order valence-electron chi connectivity index (χ3n) is 8.74. The predicted octanol–water partition coefficient (Wildman–Crippen LogP) is 5.26. The van der Waals surface area contributed by atoms with Crippen molar-refractivity contribution in [1.82, 2.24) is 10.6 Å². The summed E-state index contributed by atoms with van der Waals surface area (Å²) in [6.07, 6.45) is 15.1. The van der Waals surface area contributed by atoms with Gasteiger partial charge in [0.15, 0.2) is 0 Å². The van der Waals surface area contributed by atoms with Crippen LogP contribution in [0.5, 0.6) is 0 Å². The molecule has 0 heterocycles. The summed E-state index contributed by atoms with van der Waals surface area (Å²) in [5.41, 5.74) is 0.0953. The van der Waals surface area contributed by atoms with Gasteiger partial charge in [-0.2, -0.15) is 0 Å². The molecular weight excluding hydrogens is 456 g/mol. The van der Waals surface area contributed by atoms with Gasteiger partial charge in [0.05, 0.1) is 0 Å². The molecule has 26 heavy (non-hydrogen) atoms. The molecule has 2 N–H and O–H groups in total. The highest BCUT2D eigenvalue weighted by molar-refractivity contribution is 9.10. The van der Waals surface area contributed by atoms with Gasteiger partial charge in [-0.15, -0.1) is 0 Å². The molecule has 8 saturated carbocycles. The van der Waals surface area contributed by atoms with Gasteiger partial charge in [-0.25, -0.2) is 4.79 Å². The highest BCUT2D eigenvalue weighted by atomic mass is 79.9. The van der Waals surface area contributed by atoms with E-state index >= 15 is 0 Å². The molecule has 0 aliphatic heterocycles. The lowest BCUT2D eigenvalue weighted by molar-refractivity contribution is -0.00579. The van der Waals surface area contributed by atoms with E-state index in [9.17, 15) is 4.79 Å². The van der Waals surface area contributed by atoms with Crippen LogP contribution in [0.3, 0.4) is 0 Å². The third-order valence-corrected chi connectivity index (χ3v) is 10.6. The first-order valence-corrected chi connectivity index (χ1v) is 12.3. The van der Waals surface area contributed by atoms with Gasteiger partial charge in [-0.05, 0) is 101 Å². The topological polar surface area (TPSA) is 41.1 Å². The van der Waals surface area contributed by atoms with E-state index in [1.54, 1.807) is 0 Å². The minimum atomic E-state index is 0.0477. The number of alkyl halides is 2. The van der Waals surface area contributed by atoms with Crippen LogP contribution < -0.4 is 10.6 Å². The Morgan fingerprint density at radius 3 is 1.31 bits per heavy atom. The molecule has 4 atom stereocenters. The van der Waals surface area contributed by atoms with Crippen LogP contribution in [0.4, 0.5) is 4.79 Å². The molecule has 144 valence electrons. The Kier molecular flexibility index (Phi) is 3.44. The fourth-order valence-electron chi connectivity index (χ4n) is 9.11. The average Bonchev–Trinajstić information content (AvgIpc) is 2.39. The van der Waals surface area contributed by atoms with E-state index in [4.69, 9.17) is 0 Å². The van der Waals surface area contributed by atoms with Crippen molar-refractivity contribution in [2.45, 2.75) is 96.8 Å². The molecule has 0 aromatic rings. The second-order valence-corrected chi connectivity index (χ2v) is 14.7. The molecule has 0 aromatic carbocycles. The highest BCUT2D eigenvalue weighted by Crippen LogP contribution is 2.62. The van der Waals surface area contributed by atoms with Gasteiger partial charge in [0.2, 0.25) is 0 Å². The first-order chi connectivity index (χ1) is 12.2. The van der Waals surface area contributed by atoms with Crippen molar-refractivity contribution >= 4 is 37.9 Å². The van der Waals surface area contributed by atoms with Crippen molar-refractivity contribution in [1.29, 1.82) is 0 Å². The summed E-state index contributed by atoms with van der Waals surface area (Å²) in [4.78, 5) is 13.2. The van der Waals surface area contributed by atoms with Crippen molar-refractivity contribution in [3.05, 3.63) is 0 Å². The molecule has 3 nitrogen and oxygen atoms in total. The second kappa shape index (κ2) is 5.23. The van der Waals surface area contributed by atoms with Gasteiger partial charge in [-0.1, -0.05) is 31.9 Å². The van der Waals surface area contributed by atoms with Gasteiger partial charge < -0.3 is 10.6 Å². The molecule has 2 amide bonds. The summed E-state index contributed by atoms with van der Waals surface area (Å²) in [7, 11) is 0. The first kappa shape index (κ1) is 17.1. The minimum absolute atomic E-state index is 0.0477. The molecule has 8 fully saturated rings. The highest BCUT2D eigenvalue weighted by Gasteiger charge is 2.59. The van der Waals surface area contributed by atoms with E-state index in [0.717, 1.165) is 36.5 Å². The van der Waals surface area contributed by atoms with E-state index in [-0.39, 0.29) is 17.1 Å². The second-order valence-electron chi connectivity index (χ2n) is 11.4. The quantitative estimate of drug-likeness (QED) is 0.514. The van der Waals surface area contributed by atoms with Crippen LogP contribution in [-0.2, 0) is 0 Å². The predicted molar refractivity (Wildman–Crippen MR) is 110 cm³/mol. The zero-order valence-electron chi connectivity index (χ0n) is 15.5. The third kappa shape index (κ3) is 2.65. The summed E-state index contributed by atoms with van der Waals surface area (Å²) >= 11 is 8.13. The Morgan fingerprint density at radius 1 is 0.654 bits per heavy atom. The molecule has 8 bridgehead atoms. The summed E-state index contributed by atoms with van der Waals surface area (Å²) in [6.45, 7) is 0. The van der Waals surface area contributed by atoms with E-state index < -0.39 is 0 Å². The molecule has 0 saturated heterocycles. The lowest BCUT2D eigenvalue weighted by Gasteiger charge is -2.61. The summed E-state index contributed by atoms with van der Waals surface area (Å²) in [5, 5.41) is 7.08. The van der Waals surface area contributed by atoms with Gasteiger partial charge in [-0.3, -0.25) is 0 Å². The van der Waals surface area contributed by atoms with E-state index in [0.29, 0.717) is 8.65 Å². The molecule has 4 unspecified atom stereocenters. The lowest BCUT2D eigenvalue weighted by Crippen LogP contribution is -2.69. The van der Waals surface area contributed by atoms with Crippen molar-refractivity contribution < 1.29 is 4.79 Å². The molecule has 8 aliphatic carbocycles. The number of carbonyl (C=O) groups excluding carboxylic acids is 1. The fraction of sp³-hybridized carbons (Fsp3) is 0.952. The monoisotopic (exact) mass is 484 g/mol. The Labute approximate surface area is 173 Å². The number of halogens is 2. The van der Waals surface area contributed by atoms with Crippen LogP contribution in [0.15, 0.2) is 0 Å². The standard InChI is InChI=1S/C21H30Br2N2O/c22-18-3-13-1-14(4-18)8-20(7-13,11-18)24-17(26)25-21-9-15-2-16(10-21)6-19(23,5-15)12-21/h13-16H,1-12H2,(H2,24,25,26). The smallest absolute Gasteiger partial charge is 0.315 e. The van der Waals surface area contributed by atoms with Gasteiger partial charge in [0, 0.05) is 19.7 Å². The molecule has 8 rings (SSSR count). The van der Waals surface area contributed by atoms with Crippen LogP contribution in [0, 0.1) is 23.7 Å². The Balaban J connectivity index is 1.19. The number of hydrogen-bond donors (Lipinski definition) is 2. The maximum atomic E-state index is 13.2. The van der Waals surface area contributed by atoms with Crippen molar-refractivity contribution in [2.75, 3.05) is 0 Å². The minimum Gasteiger partial charge on any atom is -0.333 e. The Hall–Kier alpha value is 0.230. The summed E-state index contributed by atoms with van der Waals surface area (Å²) < 4.78 is 0.593. The number of hydrogen-bond acceptors (Lipinski definition) is 1. The number of nitrogens with one attached hydrogen (secondary N) is 2. The van der Waals surface area contributed by atoms with E-state index in [1.807, 2.05) is 0 Å². The average molecular weight is 486 g/mol. The number of urea groups is 1. The fourth-order valence-corrected chi connectivity index (χ4v) is 12.0. The maximum absolute atomic E-state index is 13.2. The van der Waals surface area contributed by atoms with Crippen LogP contribution in [0.2, 0.25) is 0 Å². The summed E-state index contributed by atoms with van der Waals surface area (Å²) in [6, 6.07) is 0.126. The van der Waals surface area contributed by atoms with Gasteiger partial charge >= 0.3 is 6.03 Å². The molecule has 0 spiro atoms.